The van der Waals surface area contributed by atoms with Gasteiger partial charge in [0.2, 0.25) is 0 Å². The number of rotatable bonds is 2. The molecule has 2 aromatic rings. The molecular formula is C10H10N10. The first-order chi connectivity index (χ1) is 9.75. The number of nitrogens with two attached hydrogens (primary N) is 2. The standard InChI is InChI=1S/C10H10N10/c11-7-5(13-1-3-15-7)9-17-19-10(20-18-9)6-8(12)16-4-2-14-6/h1-4H,(H2,11,15)(H2,12,16)(H,17,18)(H,19,20). The maximum Gasteiger partial charge on any atom is 0.196 e. The van der Waals surface area contributed by atoms with Gasteiger partial charge in [0.25, 0.3) is 0 Å². The van der Waals surface area contributed by atoms with E-state index in [2.05, 4.69) is 41.0 Å². The van der Waals surface area contributed by atoms with Crippen LogP contribution in [-0.2, 0) is 0 Å². The van der Waals surface area contributed by atoms with Crippen LogP contribution >= 0.6 is 0 Å². The summed E-state index contributed by atoms with van der Waals surface area (Å²) in [5.41, 5.74) is 17.8. The maximum absolute atomic E-state index is 5.71. The maximum atomic E-state index is 5.71. The number of hydrazine groups is 1. The van der Waals surface area contributed by atoms with Crippen LogP contribution in [0.2, 0.25) is 0 Å². The zero-order valence-electron chi connectivity index (χ0n) is 10.1. The molecule has 2 aromatic heterocycles. The monoisotopic (exact) mass is 270 g/mol. The van der Waals surface area contributed by atoms with Gasteiger partial charge in [-0.2, -0.15) is 0 Å². The van der Waals surface area contributed by atoms with Crippen molar-refractivity contribution in [1.29, 1.82) is 0 Å². The normalized spacial score (nSPS) is 13.8. The molecule has 0 saturated heterocycles. The highest BCUT2D eigenvalue weighted by molar-refractivity contribution is 6.07. The molecular weight excluding hydrogens is 260 g/mol. The summed E-state index contributed by atoms with van der Waals surface area (Å²) >= 11 is 0. The minimum atomic E-state index is 0.248. The van der Waals surface area contributed by atoms with Gasteiger partial charge in [0.15, 0.2) is 34.7 Å². The van der Waals surface area contributed by atoms with E-state index in [0.29, 0.717) is 23.1 Å². The fourth-order valence-corrected chi connectivity index (χ4v) is 1.54. The molecule has 0 bridgehead atoms. The molecule has 0 aliphatic carbocycles. The van der Waals surface area contributed by atoms with Crippen LogP contribution in [0.1, 0.15) is 11.4 Å². The van der Waals surface area contributed by atoms with Crippen LogP contribution in [0, 0.1) is 0 Å². The van der Waals surface area contributed by atoms with Gasteiger partial charge in [0.05, 0.1) is 0 Å². The Labute approximate surface area is 113 Å². The Balaban J connectivity index is 1.94. The van der Waals surface area contributed by atoms with Gasteiger partial charge in [0, 0.05) is 24.8 Å². The van der Waals surface area contributed by atoms with E-state index in [1.54, 1.807) is 0 Å². The fourth-order valence-electron chi connectivity index (χ4n) is 1.54. The largest absolute Gasteiger partial charge is 0.382 e. The molecule has 0 amide bonds. The molecule has 1 aliphatic rings. The number of nitrogen functional groups attached to an aromatic ring is 2. The lowest BCUT2D eigenvalue weighted by Crippen LogP contribution is -2.46. The predicted molar refractivity (Wildman–Crippen MR) is 72.2 cm³/mol. The molecule has 0 radical (unpaired) electrons. The Morgan fingerprint density at radius 1 is 0.650 bits per heavy atom. The quantitative estimate of drug-likeness (QED) is 0.522. The van der Waals surface area contributed by atoms with Crippen molar-refractivity contribution in [1.82, 2.24) is 30.8 Å². The van der Waals surface area contributed by atoms with Crippen molar-refractivity contribution in [2.45, 2.75) is 0 Å². The molecule has 0 unspecified atom stereocenters. The highest BCUT2D eigenvalue weighted by Gasteiger charge is 2.17. The van der Waals surface area contributed by atoms with Gasteiger partial charge in [-0.25, -0.2) is 19.9 Å². The minimum absolute atomic E-state index is 0.248. The van der Waals surface area contributed by atoms with Crippen LogP contribution in [0.25, 0.3) is 0 Å². The summed E-state index contributed by atoms with van der Waals surface area (Å²) in [5.74, 6) is 1.19. The molecule has 100 valence electrons. The molecule has 0 aromatic carbocycles. The first-order valence-electron chi connectivity index (χ1n) is 5.57. The lowest BCUT2D eigenvalue weighted by Gasteiger charge is -2.16. The second kappa shape index (κ2) is 4.76. The summed E-state index contributed by atoms with van der Waals surface area (Å²) in [4.78, 5) is 16.0. The summed E-state index contributed by atoms with van der Waals surface area (Å²) in [5, 5.41) is 7.97. The first kappa shape index (κ1) is 11.8. The summed E-state index contributed by atoms with van der Waals surface area (Å²) in [6, 6.07) is 0. The molecule has 6 N–H and O–H groups in total. The van der Waals surface area contributed by atoms with Gasteiger partial charge >= 0.3 is 0 Å². The van der Waals surface area contributed by atoms with E-state index in [9.17, 15) is 0 Å². The Bertz CT molecular complexity index is 645. The molecule has 1 aliphatic heterocycles. The van der Waals surface area contributed by atoms with Crippen LogP contribution in [0.3, 0.4) is 0 Å². The summed E-state index contributed by atoms with van der Waals surface area (Å²) in [6.45, 7) is 0. The van der Waals surface area contributed by atoms with Crippen LogP contribution in [0.5, 0.6) is 0 Å². The van der Waals surface area contributed by atoms with E-state index in [1.165, 1.54) is 24.8 Å². The molecule has 0 saturated carbocycles. The van der Waals surface area contributed by atoms with E-state index in [-0.39, 0.29) is 11.6 Å². The van der Waals surface area contributed by atoms with Crippen molar-refractivity contribution >= 4 is 23.3 Å². The van der Waals surface area contributed by atoms with Crippen molar-refractivity contribution in [3.8, 4) is 0 Å². The van der Waals surface area contributed by atoms with Crippen LogP contribution < -0.4 is 22.3 Å². The van der Waals surface area contributed by atoms with E-state index >= 15 is 0 Å². The summed E-state index contributed by atoms with van der Waals surface area (Å²) in [6.07, 6.45) is 6.00. The third-order valence-electron chi connectivity index (χ3n) is 2.45. The van der Waals surface area contributed by atoms with Crippen molar-refractivity contribution in [3.63, 3.8) is 0 Å². The van der Waals surface area contributed by atoms with Gasteiger partial charge in [-0.15, -0.1) is 10.2 Å². The predicted octanol–water partition coefficient (Wildman–Crippen LogP) is -1.35. The van der Waals surface area contributed by atoms with Gasteiger partial charge in [-0.3, -0.25) is 10.9 Å². The topological polar surface area (TPSA) is 152 Å². The minimum Gasteiger partial charge on any atom is -0.382 e. The van der Waals surface area contributed by atoms with E-state index < -0.39 is 0 Å². The second-order valence-corrected chi connectivity index (χ2v) is 3.73. The number of nitrogens with one attached hydrogen (secondary N) is 2. The molecule has 0 atom stereocenters. The van der Waals surface area contributed by atoms with Gasteiger partial charge in [-0.05, 0) is 0 Å². The Morgan fingerprint density at radius 3 is 1.40 bits per heavy atom. The van der Waals surface area contributed by atoms with Crippen LogP contribution in [-0.4, -0.2) is 31.6 Å². The molecule has 20 heavy (non-hydrogen) atoms. The highest BCUT2D eigenvalue weighted by Crippen LogP contribution is 2.08. The van der Waals surface area contributed by atoms with Crippen molar-refractivity contribution in [2.24, 2.45) is 10.2 Å². The van der Waals surface area contributed by atoms with Crippen molar-refractivity contribution in [2.75, 3.05) is 11.5 Å². The number of nitrogens with zero attached hydrogens (tertiary/aromatic N) is 6. The average Bonchev–Trinajstić information content (AvgIpc) is 2.49. The van der Waals surface area contributed by atoms with Crippen LogP contribution in [0.15, 0.2) is 35.0 Å². The van der Waals surface area contributed by atoms with E-state index in [0.717, 1.165) is 0 Å². The third-order valence-corrected chi connectivity index (χ3v) is 2.45. The van der Waals surface area contributed by atoms with Gasteiger partial charge in [0.1, 0.15) is 0 Å². The Morgan fingerprint density at radius 2 is 1.05 bits per heavy atom. The van der Waals surface area contributed by atoms with E-state index in [4.69, 9.17) is 11.5 Å². The lowest BCUT2D eigenvalue weighted by molar-refractivity contribution is 0.816. The number of amidine groups is 2. The SMILES string of the molecule is Nc1nccnc1C1=NN=C(c2nccnc2N)NN1. The molecule has 3 rings (SSSR count). The fraction of sp³-hybridized carbons (Fsp3) is 0. The number of aromatic nitrogens is 4. The first-order valence-corrected chi connectivity index (χ1v) is 5.57. The van der Waals surface area contributed by atoms with Crippen molar-refractivity contribution < 1.29 is 0 Å². The Hall–Kier alpha value is -3.30. The molecule has 10 nitrogen and oxygen atoms in total. The third kappa shape index (κ3) is 2.05. The van der Waals surface area contributed by atoms with Crippen molar-refractivity contribution in [3.05, 3.63) is 36.2 Å². The molecule has 0 fully saturated rings. The lowest BCUT2D eigenvalue weighted by atomic mass is 10.3. The van der Waals surface area contributed by atoms with Gasteiger partial charge in [-0.1, -0.05) is 0 Å². The second-order valence-electron chi connectivity index (χ2n) is 3.73. The molecule has 3 heterocycles. The Kier molecular flexibility index (Phi) is 2.80. The number of hydrogen-bond donors (Lipinski definition) is 4. The number of anilines is 2. The summed E-state index contributed by atoms with van der Waals surface area (Å²) in [7, 11) is 0. The zero-order chi connectivity index (χ0) is 13.9. The highest BCUT2D eigenvalue weighted by atomic mass is 15.5. The molecule has 10 heteroatoms. The smallest absolute Gasteiger partial charge is 0.196 e. The number of hydrogen-bond acceptors (Lipinski definition) is 10. The zero-order valence-corrected chi connectivity index (χ0v) is 10.1. The van der Waals surface area contributed by atoms with E-state index in [1.807, 2.05) is 0 Å². The average molecular weight is 270 g/mol. The summed E-state index contributed by atoms with van der Waals surface area (Å²) < 4.78 is 0. The molecule has 0 spiro atoms. The van der Waals surface area contributed by atoms with Gasteiger partial charge < -0.3 is 11.5 Å². The van der Waals surface area contributed by atoms with Crippen LogP contribution in [0.4, 0.5) is 11.6 Å².